The maximum Gasteiger partial charge on any atom is 0.274 e. The van der Waals surface area contributed by atoms with Gasteiger partial charge in [0.15, 0.2) is 11.6 Å². The number of para-hydroxylation sites is 1. The van der Waals surface area contributed by atoms with E-state index >= 15 is 0 Å². The Balaban J connectivity index is 1.36. The van der Waals surface area contributed by atoms with Gasteiger partial charge in [-0.05, 0) is 67.4 Å². The number of allylic oxidation sites excluding steroid dienone is 1. The van der Waals surface area contributed by atoms with Gasteiger partial charge in [0.05, 0.1) is 28.1 Å². The van der Waals surface area contributed by atoms with Crippen molar-refractivity contribution in [1.29, 1.82) is 0 Å². The minimum Gasteiger partial charge on any atom is -0.391 e. The van der Waals surface area contributed by atoms with E-state index in [1.165, 1.54) is 6.07 Å². The van der Waals surface area contributed by atoms with Crippen molar-refractivity contribution in [3.8, 4) is 0 Å². The molecular weight excluding hydrogens is 494 g/mol. The van der Waals surface area contributed by atoms with Crippen LogP contribution in [-0.2, 0) is 20.9 Å². The summed E-state index contributed by atoms with van der Waals surface area (Å²) in [5.74, 6) is 0.186. The molecule has 0 bridgehead atoms. The Morgan fingerprint density at radius 3 is 2.70 bits per heavy atom. The number of hydrogen-bond donors (Lipinski definition) is 1. The van der Waals surface area contributed by atoms with Crippen molar-refractivity contribution in [2.45, 2.75) is 76.9 Å². The first-order chi connectivity index (χ1) is 17.4. The van der Waals surface area contributed by atoms with Crippen LogP contribution in [0.2, 0.25) is 0 Å². The molecule has 2 unspecified atom stereocenters. The van der Waals surface area contributed by atoms with Gasteiger partial charge in [-0.25, -0.2) is 0 Å². The highest BCUT2D eigenvalue weighted by molar-refractivity contribution is 6.26. The van der Waals surface area contributed by atoms with E-state index in [1.807, 2.05) is 0 Å². The molecule has 37 heavy (non-hydrogen) atoms. The summed E-state index contributed by atoms with van der Waals surface area (Å²) in [6.07, 6.45) is 4.96. The van der Waals surface area contributed by atoms with Crippen molar-refractivity contribution in [3.63, 3.8) is 0 Å². The minimum atomic E-state index is -0.859. The second-order valence-corrected chi connectivity index (χ2v) is 12.9. The molecule has 4 aliphatic rings. The van der Waals surface area contributed by atoms with Crippen LogP contribution in [-0.4, -0.2) is 39.2 Å². The van der Waals surface area contributed by atoms with Gasteiger partial charge in [-0.3, -0.25) is 19.7 Å². The molecule has 0 aromatic heterocycles. The largest absolute Gasteiger partial charge is 0.391 e. The smallest absolute Gasteiger partial charge is 0.274 e. The highest BCUT2D eigenvalue weighted by atomic mass is 35.5. The van der Waals surface area contributed by atoms with E-state index in [-0.39, 0.29) is 54.1 Å². The maximum atomic E-state index is 13.6. The third-order valence-electron chi connectivity index (χ3n) is 10.4. The Kier molecular flexibility index (Phi) is 6.65. The lowest BCUT2D eigenvalue weighted by atomic mass is 9.45. The topological polar surface area (TPSA) is 107 Å². The molecular formula is C29H36ClNO6. The molecule has 1 N–H and O–H groups in total. The van der Waals surface area contributed by atoms with Crippen LogP contribution >= 0.6 is 11.6 Å². The summed E-state index contributed by atoms with van der Waals surface area (Å²) < 4.78 is 5.73. The van der Waals surface area contributed by atoms with E-state index in [2.05, 4.69) is 20.8 Å². The fraction of sp³-hybridized carbons (Fsp3) is 0.655. The summed E-state index contributed by atoms with van der Waals surface area (Å²) in [5, 5.41) is 23.0. The third-order valence-corrected chi connectivity index (χ3v) is 11.4. The van der Waals surface area contributed by atoms with Crippen molar-refractivity contribution in [2.24, 2.45) is 34.5 Å². The number of carbonyl (C=O) groups is 2. The van der Waals surface area contributed by atoms with Gasteiger partial charge in [0.25, 0.3) is 5.69 Å². The average molecular weight is 530 g/mol. The number of Topliss-reactive ketones (excluding diaryl/α,β-unsaturated/α-hetero) is 1. The van der Waals surface area contributed by atoms with Gasteiger partial charge >= 0.3 is 0 Å². The van der Waals surface area contributed by atoms with Gasteiger partial charge < -0.3 is 9.84 Å². The second kappa shape index (κ2) is 9.28. The number of rotatable bonds is 6. The predicted molar refractivity (Wildman–Crippen MR) is 139 cm³/mol. The van der Waals surface area contributed by atoms with E-state index in [1.54, 1.807) is 24.3 Å². The molecule has 0 heterocycles. The molecule has 0 spiro atoms. The number of alkyl halides is 1. The van der Waals surface area contributed by atoms with E-state index in [9.17, 15) is 24.8 Å². The summed E-state index contributed by atoms with van der Waals surface area (Å²) >= 11 is 7.52. The van der Waals surface area contributed by atoms with E-state index in [4.69, 9.17) is 16.3 Å². The Morgan fingerprint density at radius 1 is 1.24 bits per heavy atom. The van der Waals surface area contributed by atoms with Crippen molar-refractivity contribution in [2.75, 3.05) is 6.61 Å². The summed E-state index contributed by atoms with van der Waals surface area (Å²) in [5.41, 5.74) is 0.635. The summed E-state index contributed by atoms with van der Waals surface area (Å²) in [6, 6.07) is 6.39. The van der Waals surface area contributed by atoms with E-state index in [0.717, 1.165) is 24.8 Å². The van der Waals surface area contributed by atoms with Gasteiger partial charge in [-0.2, -0.15) is 0 Å². The number of benzene rings is 1. The van der Waals surface area contributed by atoms with Crippen molar-refractivity contribution >= 4 is 28.9 Å². The number of nitrogens with zero attached hydrogens (tertiary/aromatic N) is 1. The summed E-state index contributed by atoms with van der Waals surface area (Å²) in [6.45, 7) is 6.22. The first-order valence-electron chi connectivity index (χ1n) is 13.4. The molecule has 0 aliphatic heterocycles. The Morgan fingerprint density at radius 2 is 1.97 bits per heavy atom. The first kappa shape index (κ1) is 26.5. The Bertz CT molecular complexity index is 1170. The van der Waals surface area contributed by atoms with Crippen molar-refractivity contribution in [3.05, 3.63) is 51.6 Å². The van der Waals surface area contributed by atoms with Crippen molar-refractivity contribution in [1.82, 2.24) is 0 Å². The van der Waals surface area contributed by atoms with Crippen molar-refractivity contribution < 1.29 is 24.4 Å². The standard InChI is InChI=1S/C29H36ClNO6/c1-17-12-22-21-9-8-19-13-20(32)10-11-28(19,3)29(21,30)25(34)14-27(22,2)26(17)24(33)16-37-15-18-6-4-5-7-23(18)31(35)36/h4-7,13,17,21-22,25-26,34H,8-12,14-16H2,1-3H3/t17?,21-,22-,25?,26+,27-,28-,29-/m0/s1. The van der Waals surface area contributed by atoms with Crippen LogP contribution in [0.4, 0.5) is 5.69 Å². The Hall–Kier alpha value is -2.09. The lowest BCUT2D eigenvalue weighted by Crippen LogP contribution is -2.66. The number of aliphatic hydroxyl groups is 1. The van der Waals surface area contributed by atoms with Crippen LogP contribution in [0.5, 0.6) is 0 Å². The van der Waals surface area contributed by atoms with E-state index in [0.29, 0.717) is 24.8 Å². The number of fused-ring (bicyclic) bond motifs is 5. The molecule has 5 rings (SSSR count). The van der Waals surface area contributed by atoms with Gasteiger partial charge in [0.2, 0.25) is 0 Å². The highest BCUT2D eigenvalue weighted by Gasteiger charge is 2.70. The molecule has 0 radical (unpaired) electrons. The number of hydrogen-bond acceptors (Lipinski definition) is 6. The number of halogens is 1. The second-order valence-electron chi connectivity index (χ2n) is 12.2. The molecule has 200 valence electrons. The molecule has 0 amide bonds. The number of nitro groups is 1. The monoisotopic (exact) mass is 529 g/mol. The molecule has 4 aliphatic carbocycles. The SMILES string of the molecule is CC1C[C@H]2[C@@H]3CCC4=CC(=O)CC[C@]4(C)[C@@]3(Cl)C(O)C[C@]2(C)[C@H]1C(=O)COCc1ccccc1[N+](=O)[O-]. The summed E-state index contributed by atoms with van der Waals surface area (Å²) in [4.78, 5) is 35.7. The zero-order valence-electron chi connectivity index (χ0n) is 21.7. The van der Waals surface area contributed by atoms with Crippen LogP contribution in [0.15, 0.2) is 35.9 Å². The third kappa shape index (κ3) is 3.92. The average Bonchev–Trinajstić information content (AvgIpc) is 3.10. The number of aliphatic hydroxyl groups excluding tert-OH is 1. The fourth-order valence-electron chi connectivity index (χ4n) is 8.79. The molecule has 1 aromatic carbocycles. The molecule has 0 saturated heterocycles. The van der Waals surface area contributed by atoms with Gasteiger partial charge in [-0.15, -0.1) is 11.6 Å². The predicted octanol–water partition coefficient (Wildman–Crippen LogP) is 5.41. The zero-order valence-corrected chi connectivity index (χ0v) is 22.5. The maximum absolute atomic E-state index is 13.6. The lowest BCUT2D eigenvalue weighted by molar-refractivity contribution is -0.385. The molecule has 1 aromatic rings. The summed E-state index contributed by atoms with van der Waals surface area (Å²) in [7, 11) is 0. The van der Waals surface area contributed by atoms with Gasteiger partial charge in [0, 0.05) is 23.8 Å². The molecule has 8 atom stereocenters. The van der Waals surface area contributed by atoms with Crippen LogP contribution in [0.1, 0.15) is 64.9 Å². The van der Waals surface area contributed by atoms with Gasteiger partial charge in [-0.1, -0.05) is 38.5 Å². The van der Waals surface area contributed by atoms with Crippen LogP contribution in [0.3, 0.4) is 0 Å². The van der Waals surface area contributed by atoms with Crippen LogP contribution in [0, 0.1) is 44.6 Å². The van der Waals surface area contributed by atoms with E-state index < -0.39 is 26.7 Å². The number of ketones is 2. The minimum absolute atomic E-state index is 0.00757. The van der Waals surface area contributed by atoms with Crippen LogP contribution in [0.25, 0.3) is 0 Å². The molecule has 3 fully saturated rings. The molecule has 8 heteroatoms. The number of carbonyl (C=O) groups excluding carboxylic acids is 2. The van der Waals surface area contributed by atoms with Gasteiger partial charge in [0.1, 0.15) is 6.61 Å². The quantitative estimate of drug-likeness (QED) is 0.300. The first-order valence-corrected chi connectivity index (χ1v) is 13.7. The Labute approximate surface area is 222 Å². The van der Waals surface area contributed by atoms with Crippen LogP contribution < -0.4 is 0 Å². The molecule has 3 saturated carbocycles. The lowest BCUT2D eigenvalue weighted by Gasteiger charge is -2.64. The number of ether oxygens (including phenoxy) is 1. The number of nitro benzene ring substituents is 1. The molecule has 7 nitrogen and oxygen atoms in total. The highest BCUT2D eigenvalue weighted by Crippen LogP contribution is 2.71. The fourth-order valence-corrected chi connectivity index (χ4v) is 9.34. The normalized spacial score (nSPS) is 40.8. The zero-order chi connectivity index (χ0) is 26.8.